The van der Waals surface area contributed by atoms with Crippen LogP contribution in [0.4, 0.5) is 0 Å². The monoisotopic (exact) mass is 304 g/mol. The molecular formula is C22H40. The van der Waals surface area contributed by atoms with E-state index in [0.29, 0.717) is 0 Å². The van der Waals surface area contributed by atoms with Gasteiger partial charge in [0.25, 0.3) is 0 Å². The molecule has 0 spiro atoms. The third-order valence-corrected chi connectivity index (χ3v) is 2.99. The zero-order chi connectivity index (χ0) is 18.3. The summed E-state index contributed by atoms with van der Waals surface area (Å²) in [5.41, 5.74) is 5.53. The Kier molecular flexibility index (Phi) is 18.7. The van der Waals surface area contributed by atoms with Gasteiger partial charge in [0.2, 0.25) is 0 Å². The van der Waals surface area contributed by atoms with Crippen LogP contribution in [0.15, 0.2) is 24.3 Å². The van der Waals surface area contributed by atoms with Crippen LogP contribution in [0.1, 0.15) is 77.6 Å². The average Bonchev–Trinajstić information content (AvgIpc) is 2.58. The van der Waals surface area contributed by atoms with Gasteiger partial charge in [-0.15, -0.1) is 0 Å². The van der Waals surface area contributed by atoms with Gasteiger partial charge in [-0.1, -0.05) is 85.2 Å². The van der Waals surface area contributed by atoms with E-state index in [2.05, 4.69) is 52.0 Å². The molecule has 0 amide bonds. The van der Waals surface area contributed by atoms with E-state index < -0.39 is 0 Å². The summed E-state index contributed by atoms with van der Waals surface area (Å²) < 4.78 is 0. The summed E-state index contributed by atoms with van der Waals surface area (Å²) in [7, 11) is 0. The molecule has 22 heavy (non-hydrogen) atoms. The van der Waals surface area contributed by atoms with E-state index in [9.17, 15) is 0 Å². The van der Waals surface area contributed by atoms with Crippen molar-refractivity contribution in [3.63, 3.8) is 0 Å². The Morgan fingerprint density at radius 3 is 1.45 bits per heavy atom. The maximum absolute atomic E-state index is 2.26. The van der Waals surface area contributed by atoms with Crippen LogP contribution < -0.4 is 0 Å². The molecule has 0 N–H and O–H groups in total. The molecule has 0 aliphatic rings. The Hall–Kier alpha value is -1.30. The van der Waals surface area contributed by atoms with Crippen molar-refractivity contribution in [1.29, 1.82) is 0 Å². The van der Waals surface area contributed by atoms with Crippen molar-refractivity contribution in [2.75, 3.05) is 0 Å². The Morgan fingerprint density at radius 2 is 1.00 bits per heavy atom. The van der Waals surface area contributed by atoms with Crippen molar-refractivity contribution < 1.29 is 0 Å². The van der Waals surface area contributed by atoms with Gasteiger partial charge in [0, 0.05) is 0 Å². The summed E-state index contributed by atoms with van der Waals surface area (Å²) in [5, 5.41) is 2.79. The molecule has 2 aromatic carbocycles. The summed E-state index contributed by atoms with van der Waals surface area (Å²) in [6.07, 6.45) is 0. The first-order chi connectivity index (χ1) is 10.6. The maximum atomic E-state index is 2.26. The third kappa shape index (κ3) is 7.64. The first-order valence-corrected chi connectivity index (χ1v) is 9.07. The molecule has 0 radical (unpaired) electrons. The van der Waals surface area contributed by atoms with Gasteiger partial charge in [-0.25, -0.2) is 0 Å². The predicted molar refractivity (Wildman–Crippen MR) is 108 cm³/mol. The van der Waals surface area contributed by atoms with Crippen LogP contribution in [-0.4, -0.2) is 0 Å². The first kappa shape index (κ1) is 25.6. The highest BCUT2D eigenvalue weighted by molar-refractivity contribution is 5.90. The second kappa shape index (κ2) is 16.1. The predicted octanol–water partition coefficient (Wildman–Crippen LogP) is 8.18. The van der Waals surface area contributed by atoms with Crippen molar-refractivity contribution >= 4 is 10.8 Å². The zero-order valence-corrected chi connectivity index (χ0v) is 17.3. The summed E-state index contributed by atoms with van der Waals surface area (Å²) in [4.78, 5) is 0. The highest BCUT2D eigenvalue weighted by Gasteiger charge is 2.03. The number of benzene rings is 2. The molecular weight excluding hydrogens is 264 g/mol. The molecule has 0 atom stereocenters. The lowest BCUT2D eigenvalue weighted by Gasteiger charge is -2.09. The Balaban J connectivity index is -0.000000394. The lowest BCUT2D eigenvalue weighted by molar-refractivity contribution is 1.35. The minimum atomic E-state index is 1.35. The highest BCUT2D eigenvalue weighted by atomic mass is 14.1. The normalized spacial score (nSPS) is 8.00. The van der Waals surface area contributed by atoms with Gasteiger partial charge in [0.1, 0.15) is 0 Å². The minimum Gasteiger partial charge on any atom is -0.0683 e. The third-order valence-electron chi connectivity index (χ3n) is 2.99. The molecule has 0 aliphatic carbocycles. The molecule has 0 bridgehead atoms. The lowest BCUT2D eigenvalue weighted by atomic mass is 9.95. The van der Waals surface area contributed by atoms with Gasteiger partial charge in [0.05, 0.1) is 0 Å². The molecule has 0 fully saturated rings. The van der Waals surface area contributed by atoms with Crippen LogP contribution in [-0.2, 0) is 0 Å². The summed E-state index contributed by atoms with van der Waals surface area (Å²) in [5.74, 6) is 0. The largest absolute Gasteiger partial charge is 0.0683 e. The van der Waals surface area contributed by atoms with Crippen LogP contribution in [0, 0.1) is 27.7 Å². The van der Waals surface area contributed by atoms with Crippen molar-refractivity contribution in [2.45, 2.75) is 83.1 Å². The van der Waals surface area contributed by atoms with E-state index in [4.69, 9.17) is 0 Å². The topological polar surface area (TPSA) is 0 Å². The van der Waals surface area contributed by atoms with E-state index in [1.807, 2.05) is 55.4 Å². The standard InChI is InChI=1S/C14H16.4C2H6/c1-9-7-11(3)14-12(4)10(2)5-6-13(14)8-9;4*1-2/h5-8H,1-4H3;4*1-2H3. The lowest BCUT2D eigenvalue weighted by Crippen LogP contribution is -1.88. The van der Waals surface area contributed by atoms with Gasteiger partial charge >= 0.3 is 0 Å². The van der Waals surface area contributed by atoms with Crippen molar-refractivity contribution in [3.05, 3.63) is 46.5 Å². The maximum Gasteiger partial charge on any atom is -0.0123 e. The van der Waals surface area contributed by atoms with E-state index in [-0.39, 0.29) is 0 Å². The Labute approximate surface area is 141 Å². The molecule has 0 unspecified atom stereocenters. The smallest absolute Gasteiger partial charge is 0.0123 e. The van der Waals surface area contributed by atoms with Crippen molar-refractivity contribution in [2.24, 2.45) is 0 Å². The second-order valence-corrected chi connectivity index (χ2v) is 4.19. The molecule has 128 valence electrons. The molecule has 0 aromatic heterocycles. The van der Waals surface area contributed by atoms with E-state index in [1.165, 1.54) is 33.0 Å². The van der Waals surface area contributed by atoms with Crippen molar-refractivity contribution in [1.82, 2.24) is 0 Å². The summed E-state index contributed by atoms with van der Waals surface area (Å²) in [6.45, 7) is 24.7. The van der Waals surface area contributed by atoms with Crippen LogP contribution in [0.2, 0.25) is 0 Å². The van der Waals surface area contributed by atoms with Crippen LogP contribution in [0.25, 0.3) is 10.8 Å². The summed E-state index contributed by atoms with van der Waals surface area (Å²) >= 11 is 0. The van der Waals surface area contributed by atoms with Gasteiger partial charge in [-0.3, -0.25) is 0 Å². The Morgan fingerprint density at radius 1 is 0.545 bits per heavy atom. The highest BCUT2D eigenvalue weighted by Crippen LogP contribution is 2.25. The van der Waals surface area contributed by atoms with Gasteiger partial charge in [-0.2, -0.15) is 0 Å². The van der Waals surface area contributed by atoms with Crippen LogP contribution >= 0.6 is 0 Å². The van der Waals surface area contributed by atoms with E-state index >= 15 is 0 Å². The van der Waals surface area contributed by atoms with E-state index in [1.54, 1.807) is 0 Å². The van der Waals surface area contributed by atoms with Gasteiger partial charge in [0.15, 0.2) is 0 Å². The van der Waals surface area contributed by atoms with E-state index in [0.717, 1.165) is 0 Å². The zero-order valence-electron chi connectivity index (χ0n) is 17.3. The molecule has 0 heteroatoms. The fourth-order valence-corrected chi connectivity index (χ4v) is 2.18. The molecule has 0 aliphatic heterocycles. The van der Waals surface area contributed by atoms with Crippen LogP contribution in [0.5, 0.6) is 0 Å². The molecule has 0 nitrogen and oxygen atoms in total. The fourth-order valence-electron chi connectivity index (χ4n) is 2.18. The number of fused-ring (bicyclic) bond motifs is 1. The average molecular weight is 305 g/mol. The molecule has 2 aromatic rings. The van der Waals surface area contributed by atoms with Gasteiger partial charge < -0.3 is 0 Å². The number of hydrogen-bond donors (Lipinski definition) is 0. The quantitative estimate of drug-likeness (QED) is 0.460. The molecule has 2 rings (SSSR count). The number of aryl methyl sites for hydroxylation is 4. The summed E-state index contributed by atoms with van der Waals surface area (Å²) in [6, 6.07) is 8.94. The molecule has 0 saturated heterocycles. The number of rotatable bonds is 0. The molecule has 0 heterocycles. The van der Waals surface area contributed by atoms with Crippen molar-refractivity contribution in [3.8, 4) is 0 Å². The molecule has 0 saturated carbocycles. The van der Waals surface area contributed by atoms with Gasteiger partial charge in [-0.05, 0) is 55.2 Å². The fraction of sp³-hybridized carbons (Fsp3) is 0.545. The second-order valence-electron chi connectivity index (χ2n) is 4.19. The number of hydrogen-bond acceptors (Lipinski definition) is 0. The van der Waals surface area contributed by atoms with Crippen LogP contribution in [0.3, 0.4) is 0 Å². The Bertz CT molecular complexity index is 493. The SMILES string of the molecule is CC.CC.CC.CC.Cc1cc(C)c2c(C)c(C)ccc2c1. The minimum absolute atomic E-state index is 1.35. The first-order valence-electron chi connectivity index (χ1n) is 9.07.